The first-order valence-corrected chi connectivity index (χ1v) is 9.30. The van der Waals surface area contributed by atoms with Crippen molar-refractivity contribution in [3.63, 3.8) is 0 Å². The average molecular weight is 354 g/mol. The third kappa shape index (κ3) is 4.67. The zero-order chi connectivity index (χ0) is 16.9. The van der Waals surface area contributed by atoms with Crippen LogP contribution in [0, 0.1) is 11.7 Å². The maximum Gasteiger partial charge on any atom is 0.221 e. The summed E-state index contributed by atoms with van der Waals surface area (Å²) in [5.41, 5.74) is 0.850. The summed E-state index contributed by atoms with van der Waals surface area (Å²) in [4.78, 5) is 15.6. The summed E-state index contributed by atoms with van der Waals surface area (Å²) in [7, 11) is 0. The van der Waals surface area contributed by atoms with Gasteiger partial charge in [0, 0.05) is 24.9 Å². The summed E-state index contributed by atoms with van der Waals surface area (Å²) in [6.07, 6.45) is 8.48. The van der Waals surface area contributed by atoms with Crippen molar-refractivity contribution in [2.45, 2.75) is 56.9 Å². The number of carbonyl (C=O) groups is 1. The van der Waals surface area contributed by atoms with Gasteiger partial charge in [0.2, 0.25) is 5.91 Å². The third-order valence-corrected chi connectivity index (χ3v) is 5.60. The Balaban J connectivity index is 1.40. The molecule has 2 fully saturated rings. The minimum Gasteiger partial charge on any atom is -0.356 e. The van der Waals surface area contributed by atoms with Crippen LogP contribution in [-0.4, -0.2) is 30.0 Å². The van der Waals surface area contributed by atoms with Crippen molar-refractivity contribution < 1.29 is 9.18 Å². The van der Waals surface area contributed by atoms with Crippen molar-refractivity contribution in [3.05, 3.63) is 28.8 Å². The zero-order valence-corrected chi connectivity index (χ0v) is 14.6. The molecule has 132 valence electrons. The van der Waals surface area contributed by atoms with E-state index in [0.717, 1.165) is 57.3 Å². The molecule has 1 aromatic rings. The molecule has 2 N–H and O–H groups in total. The Hall–Kier alpha value is -1.20. The first-order chi connectivity index (χ1) is 11.6. The van der Waals surface area contributed by atoms with Crippen LogP contribution >= 0.6 is 11.6 Å². The highest BCUT2D eigenvalue weighted by molar-refractivity contribution is 6.31. The Labute approximate surface area is 147 Å². The molecule has 1 aromatic heterocycles. The molecule has 0 bridgehead atoms. The van der Waals surface area contributed by atoms with Crippen LogP contribution in [0.2, 0.25) is 5.02 Å². The monoisotopic (exact) mass is 353 g/mol. The fourth-order valence-corrected chi connectivity index (χ4v) is 4.21. The molecule has 2 aliphatic rings. The normalized spacial score (nSPS) is 27.8. The second-order valence-electron chi connectivity index (χ2n) is 7.02. The molecule has 1 atom stereocenters. The first-order valence-electron chi connectivity index (χ1n) is 8.93. The Morgan fingerprint density at radius 1 is 1.29 bits per heavy atom. The van der Waals surface area contributed by atoms with Crippen LogP contribution in [0.4, 0.5) is 4.39 Å². The second-order valence-corrected chi connectivity index (χ2v) is 7.43. The molecule has 1 amide bonds. The van der Waals surface area contributed by atoms with Crippen molar-refractivity contribution >= 4 is 17.5 Å². The number of nitrogens with zero attached hydrogens (tertiary/aromatic N) is 1. The highest BCUT2D eigenvalue weighted by Crippen LogP contribution is 2.38. The maximum absolute atomic E-state index is 13.1. The molecule has 0 unspecified atom stereocenters. The molecule has 6 heteroatoms. The predicted molar refractivity (Wildman–Crippen MR) is 92.6 cm³/mol. The van der Waals surface area contributed by atoms with Gasteiger partial charge in [-0.15, -0.1) is 0 Å². The number of halogens is 2. The number of rotatable bonds is 5. The van der Waals surface area contributed by atoms with Crippen molar-refractivity contribution in [1.82, 2.24) is 15.6 Å². The largest absolute Gasteiger partial charge is 0.356 e. The van der Waals surface area contributed by atoms with Gasteiger partial charge < -0.3 is 10.6 Å². The molecular formula is C18H25ClFN3O. The van der Waals surface area contributed by atoms with Gasteiger partial charge in [-0.25, -0.2) is 4.39 Å². The number of hydrogen-bond donors (Lipinski definition) is 2. The van der Waals surface area contributed by atoms with Gasteiger partial charge in [0.05, 0.1) is 16.9 Å². The van der Waals surface area contributed by atoms with Gasteiger partial charge in [-0.3, -0.25) is 9.78 Å². The molecule has 24 heavy (non-hydrogen) atoms. The molecule has 0 radical (unpaired) electrons. The standard InChI is InChI=1S/C18H25ClFN3O/c19-16-9-14(20)11-23-18(16)13-3-1-12(2-4-13)5-7-21-15-6-8-22-17(24)10-15/h9,11-13,15,21H,1-8,10H2,(H,22,24)/t12-,13-,15-/m1/s1. The molecule has 3 rings (SSSR count). The summed E-state index contributed by atoms with van der Waals surface area (Å²) in [6.45, 7) is 1.76. The van der Waals surface area contributed by atoms with E-state index in [4.69, 9.17) is 11.6 Å². The highest BCUT2D eigenvalue weighted by Gasteiger charge is 2.25. The summed E-state index contributed by atoms with van der Waals surface area (Å²) < 4.78 is 13.1. The SMILES string of the molecule is O=C1C[C@H](NCC[C@H]2CC[C@H](c3ncc(F)cc3Cl)CC2)CCN1. The lowest BCUT2D eigenvalue weighted by Crippen LogP contribution is -2.43. The number of piperidine rings is 1. The van der Waals surface area contributed by atoms with Gasteiger partial charge in [-0.05, 0) is 57.1 Å². The summed E-state index contributed by atoms with van der Waals surface area (Å²) in [5, 5.41) is 6.84. The number of pyridine rings is 1. The Morgan fingerprint density at radius 3 is 2.79 bits per heavy atom. The number of nitrogens with one attached hydrogen (secondary N) is 2. The van der Waals surface area contributed by atoms with Crippen molar-refractivity contribution in [2.24, 2.45) is 5.92 Å². The topological polar surface area (TPSA) is 54.0 Å². The minimum atomic E-state index is -0.375. The smallest absolute Gasteiger partial charge is 0.221 e. The van der Waals surface area contributed by atoms with Crippen LogP contribution < -0.4 is 10.6 Å². The van der Waals surface area contributed by atoms with Gasteiger partial charge in [0.25, 0.3) is 0 Å². The Bertz CT molecular complexity index is 575. The first kappa shape index (κ1) is 17.6. The average Bonchev–Trinajstić information content (AvgIpc) is 2.56. The summed E-state index contributed by atoms with van der Waals surface area (Å²) >= 11 is 6.14. The lowest BCUT2D eigenvalue weighted by Gasteiger charge is -2.29. The number of hydrogen-bond acceptors (Lipinski definition) is 3. The molecule has 2 heterocycles. The maximum atomic E-state index is 13.1. The van der Waals surface area contributed by atoms with Crippen LogP contribution in [0.5, 0.6) is 0 Å². The predicted octanol–water partition coefficient (Wildman–Crippen LogP) is 3.41. The summed E-state index contributed by atoms with van der Waals surface area (Å²) in [6, 6.07) is 1.69. The van der Waals surface area contributed by atoms with Crippen molar-refractivity contribution in [3.8, 4) is 0 Å². The van der Waals surface area contributed by atoms with Gasteiger partial charge in [-0.1, -0.05) is 11.6 Å². The van der Waals surface area contributed by atoms with E-state index in [1.807, 2.05) is 0 Å². The third-order valence-electron chi connectivity index (χ3n) is 5.30. The molecule has 1 saturated heterocycles. The lowest BCUT2D eigenvalue weighted by molar-refractivity contribution is -0.122. The fourth-order valence-electron chi connectivity index (χ4n) is 3.90. The van der Waals surface area contributed by atoms with E-state index in [1.54, 1.807) is 0 Å². The van der Waals surface area contributed by atoms with E-state index in [0.29, 0.717) is 29.3 Å². The quantitative estimate of drug-likeness (QED) is 0.853. The van der Waals surface area contributed by atoms with Gasteiger partial charge >= 0.3 is 0 Å². The minimum absolute atomic E-state index is 0.155. The van der Waals surface area contributed by atoms with Gasteiger partial charge in [0.1, 0.15) is 5.82 Å². The van der Waals surface area contributed by atoms with Crippen LogP contribution in [0.3, 0.4) is 0 Å². The van der Waals surface area contributed by atoms with Crippen LogP contribution in [0.15, 0.2) is 12.3 Å². The van der Waals surface area contributed by atoms with E-state index in [9.17, 15) is 9.18 Å². The van der Waals surface area contributed by atoms with Crippen LogP contribution in [-0.2, 0) is 4.79 Å². The second kappa shape index (κ2) is 8.26. The Morgan fingerprint density at radius 2 is 2.08 bits per heavy atom. The van der Waals surface area contributed by atoms with Crippen LogP contribution in [0.25, 0.3) is 0 Å². The molecule has 4 nitrogen and oxygen atoms in total. The van der Waals surface area contributed by atoms with Crippen molar-refractivity contribution in [1.29, 1.82) is 0 Å². The molecule has 1 aliphatic carbocycles. The molecule has 1 saturated carbocycles. The van der Waals surface area contributed by atoms with Gasteiger partial charge in [0.15, 0.2) is 0 Å². The number of carbonyl (C=O) groups excluding carboxylic acids is 1. The molecule has 1 aliphatic heterocycles. The van der Waals surface area contributed by atoms with E-state index in [2.05, 4.69) is 15.6 Å². The lowest BCUT2D eigenvalue weighted by atomic mass is 9.79. The van der Waals surface area contributed by atoms with E-state index in [1.165, 1.54) is 12.3 Å². The zero-order valence-electron chi connectivity index (χ0n) is 13.9. The van der Waals surface area contributed by atoms with Crippen LogP contribution in [0.1, 0.15) is 56.6 Å². The van der Waals surface area contributed by atoms with Crippen molar-refractivity contribution in [2.75, 3.05) is 13.1 Å². The van der Waals surface area contributed by atoms with E-state index >= 15 is 0 Å². The Kier molecular flexibility index (Phi) is 6.06. The number of amides is 1. The highest BCUT2D eigenvalue weighted by atomic mass is 35.5. The fraction of sp³-hybridized carbons (Fsp3) is 0.667. The summed E-state index contributed by atoms with van der Waals surface area (Å²) in [5.74, 6) is 0.845. The molecule has 0 aromatic carbocycles. The van der Waals surface area contributed by atoms with Gasteiger partial charge in [-0.2, -0.15) is 0 Å². The number of aromatic nitrogens is 1. The van der Waals surface area contributed by atoms with E-state index in [-0.39, 0.29) is 11.7 Å². The molecular weight excluding hydrogens is 329 g/mol. The molecule has 0 spiro atoms. The van der Waals surface area contributed by atoms with E-state index < -0.39 is 0 Å².